The third-order valence-electron chi connectivity index (χ3n) is 5.50. The van der Waals surface area contributed by atoms with Crippen LogP contribution in [0.25, 0.3) is 5.65 Å². The third-order valence-corrected chi connectivity index (χ3v) is 5.50. The maximum atomic E-state index is 13.0. The molecule has 0 atom stereocenters. The minimum Gasteiger partial charge on any atom is -0.465 e. The first-order valence-electron chi connectivity index (χ1n) is 9.69. The van der Waals surface area contributed by atoms with Gasteiger partial charge >= 0.3 is 5.97 Å². The van der Waals surface area contributed by atoms with Gasteiger partial charge in [0.25, 0.3) is 5.91 Å². The second-order valence-corrected chi connectivity index (χ2v) is 7.38. The van der Waals surface area contributed by atoms with Crippen LogP contribution in [-0.4, -0.2) is 69.3 Å². The van der Waals surface area contributed by atoms with E-state index in [0.717, 1.165) is 31.0 Å². The summed E-state index contributed by atoms with van der Waals surface area (Å²) in [5, 5.41) is 0. The number of amides is 1. The summed E-state index contributed by atoms with van der Waals surface area (Å²) in [5.74, 6) is -0.499. The Morgan fingerprint density at radius 3 is 2.62 bits per heavy atom. The van der Waals surface area contributed by atoms with E-state index >= 15 is 0 Å². The molecule has 0 spiro atoms. The molecular formula is C21H25N5O3. The number of nitrogens with zero attached hydrogens (tertiary/aromatic N) is 4. The summed E-state index contributed by atoms with van der Waals surface area (Å²) in [4.78, 5) is 36.8. The summed E-state index contributed by atoms with van der Waals surface area (Å²) < 4.78 is 6.85. The van der Waals surface area contributed by atoms with Gasteiger partial charge in [-0.05, 0) is 31.5 Å². The lowest BCUT2D eigenvalue weighted by atomic mass is 10.1. The average Bonchev–Trinajstić information content (AvgIpc) is 3.27. The maximum absolute atomic E-state index is 13.0. The largest absolute Gasteiger partial charge is 0.465 e. The molecule has 0 aliphatic carbocycles. The molecule has 1 fully saturated rings. The van der Waals surface area contributed by atoms with E-state index < -0.39 is 5.97 Å². The Morgan fingerprint density at radius 2 is 1.93 bits per heavy atom. The van der Waals surface area contributed by atoms with Gasteiger partial charge in [0.05, 0.1) is 18.4 Å². The van der Waals surface area contributed by atoms with Crippen molar-refractivity contribution in [1.29, 1.82) is 0 Å². The Hall–Kier alpha value is -3.13. The number of aromatic amines is 1. The first-order chi connectivity index (χ1) is 14.0. The van der Waals surface area contributed by atoms with Crippen molar-refractivity contribution in [1.82, 2.24) is 24.2 Å². The van der Waals surface area contributed by atoms with Gasteiger partial charge in [-0.1, -0.05) is 6.07 Å². The molecule has 152 valence electrons. The molecule has 8 heteroatoms. The third kappa shape index (κ3) is 3.63. The lowest BCUT2D eigenvalue weighted by Gasteiger charge is -2.34. The fraction of sp³-hybridized carbons (Fsp3) is 0.381. The highest BCUT2D eigenvalue weighted by molar-refractivity contribution is 6.00. The topological polar surface area (TPSA) is 82.9 Å². The number of H-pyrrole nitrogens is 1. The number of carbonyl (C=O) groups excluding carboxylic acids is 2. The SMILES string of the molecule is COC(=O)c1c(C)[nH]c(C(=O)N2CCN(Cc3cn4ccccc4n3)CC2)c1C. The number of nitrogens with one attached hydrogen (secondary N) is 1. The molecule has 29 heavy (non-hydrogen) atoms. The Balaban J connectivity index is 1.40. The van der Waals surface area contributed by atoms with Gasteiger partial charge in [-0.25, -0.2) is 9.78 Å². The van der Waals surface area contributed by atoms with Crippen molar-refractivity contribution in [2.24, 2.45) is 0 Å². The van der Waals surface area contributed by atoms with Crippen molar-refractivity contribution in [3.8, 4) is 0 Å². The number of ether oxygens (including phenoxy) is 1. The minimum absolute atomic E-state index is 0.0758. The zero-order valence-corrected chi connectivity index (χ0v) is 16.9. The summed E-state index contributed by atoms with van der Waals surface area (Å²) in [5.41, 5.74) is 4.18. The predicted octanol–water partition coefficient (Wildman–Crippen LogP) is 2.02. The normalized spacial score (nSPS) is 15.1. The quantitative estimate of drug-likeness (QED) is 0.684. The maximum Gasteiger partial charge on any atom is 0.339 e. The van der Waals surface area contributed by atoms with E-state index in [9.17, 15) is 9.59 Å². The van der Waals surface area contributed by atoms with Crippen molar-refractivity contribution in [3.63, 3.8) is 0 Å². The van der Waals surface area contributed by atoms with Gasteiger partial charge in [0, 0.05) is 50.8 Å². The van der Waals surface area contributed by atoms with E-state index in [1.54, 1.807) is 13.8 Å². The number of hydrogen-bond acceptors (Lipinski definition) is 5. The Labute approximate surface area is 169 Å². The number of piperazine rings is 1. The van der Waals surface area contributed by atoms with Crippen molar-refractivity contribution in [3.05, 3.63) is 58.8 Å². The van der Waals surface area contributed by atoms with Crippen molar-refractivity contribution < 1.29 is 14.3 Å². The summed E-state index contributed by atoms with van der Waals surface area (Å²) in [6.07, 6.45) is 4.04. The van der Waals surface area contributed by atoms with E-state index in [1.165, 1.54) is 7.11 Å². The first-order valence-corrected chi connectivity index (χ1v) is 9.69. The molecule has 0 radical (unpaired) electrons. The van der Waals surface area contributed by atoms with E-state index in [4.69, 9.17) is 4.74 Å². The molecule has 0 unspecified atom stereocenters. The first kappa shape index (κ1) is 19.2. The van der Waals surface area contributed by atoms with Crippen LogP contribution in [0, 0.1) is 13.8 Å². The van der Waals surface area contributed by atoms with Gasteiger partial charge in [-0.2, -0.15) is 0 Å². The van der Waals surface area contributed by atoms with Crippen LogP contribution in [0.3, 0.4) is 0 Å². The monoisotopic (exact) mass is 395 g/mol. The summed E-state index contributed by atoms with van der Waals surface area (Å²) >= 11 is 0. The average molecular weight is 395 g/mol. The minimum atomic E-state index is -0.424. The highest BCUT2D eigenvalue weighted by Crippen LogP contribution is 2.21. The summed E-state index contributed by atoms with van der Waals surface area (Å²) in [6, 6.07) is 5.95. The van der Waals surface area contributed by atoms with Crippen LogP contribution in [0.4, 0.5) is 0 Å². The Kier molecular flexibility index (Phi) is 5.10. The van der Waals surface area contributed by atoms with Gasteiger partial charge in [-0.15, -0.1) is 0 Å². The zero-order valence-electron chi connectivity index (χ0n) is 16.9. The summed E-state index contributed by atoms with van der Waals surface area (Å²) in [7, 11) is 1.35. The molecule has 8 nitrogen and oxygen atoms in total. The number of aryl methyl sites for hydroxylation is 1. The van der Waals surface area contributed by atoms with Gasteiger partial charge in [-0.3, -0.25) is 9.69 Å². The smallest absolute Gasteiger partial charge is 0.339 e. The van der Waals surface area contributed by atoms with E-state index in [2.05, 4.69) is 14.9 Å². The van der Waals surface area contributed by atoms with Crippen LogP contribution in [0.15, 0.2) is 30.6 Å². The number of carbonyl (C=O) groups is 2. The molecule has 1 N–H and O–H groups in total. The fourth-order valence-corrected chi connectivity index (χ4v) is 3.93. The van der Waals surface area contributed by atoms with Gasteiger partial charge in [0.15, 0.2) is 0 Å². The number of esters is 1. The highest BCUT2D eigenvalue weighted by Gasteiger charge is 2.28. The van der Waals surface area contributed by atoms with Crippen LogP contribution in [0.2, 0.25) is 0 Å². The van der Waals surface area contributed by atoms with E-state index in [-0.39, 0.29) is 5.91 Å². The molecule has 3 aromatic heterocycles. The number of fused-ring (bicyclic) bond motifs is 1. The number of aromatic nitrogens is 3. The number of hydrogen-bond donors (Lipinski definition) is 1. The van der Waals surface area contributed by atoms with E-state index in [0.29, 0.717) is 35.6 Å². The number of methoxy groups -OCH3 is 1. The van der Waals surface area contributed by atoms with Crippen LogP contribution >= 0.6 is 0 Å². The van der Waals surface area contributed by atoms with Crippen LogP contribution in [-0.2, 0) is 11.3 Å². The second kappa shape index (κ2) is 7.71. The molecule has 1 aliphatic heterocycles. The summed E-state index contributed by atoms with van der Waals surface area (Å²) in [6.45, 7) is 7.15. The van der Waals surface area contributed by atoms with Gasteiger partial charge < -0.3 is 19.0 Å². The lowest BCUT2D eigenvalue weighted by Crippen LogP contribution is -2.48. The molecule has 0 bridgehead atoms. The molecule has 4 heterocycles. The highest BCUT2D eigenvalue weighted by atomic mass is 16.5. The molecule has 0 saturated carbocycles. The molecule has 4 rings (SSSR count). The molecular weight excluding hydrogens is 370 g/mol. The van der Waals surface area contributed by atoms with E-state index in [1.807, 2.05) is 39.9 Å². The molecule has 1 saturated heterocycles. The fourth-order valence-electron chi connectivity index (χ4n) is 3.93. The number of pyridine rings is 1. The van der Waals surface area contributed by atoms with Crippen molar-refractivity contribution >= 4 is 17.5 Å². The number of imidazole rings is 1. The zero-order chi connectivity index (χ0) is 20.5. The van der Waals surface area contributed by atoms with Crippen LogP contribution < -0.4 is 0 Å². The van der Waals surface area contributed by atoms with Gasteiger partial charge in [0.1, 0.15) is 11.3 Å². The number of rotatable bonds is 4. The Bertz CT molecular complexity index is 1030. The Morgan fingerprint density at radius 1 is 1.17 bits per heavy atom. The molecule has 0 aromatic carbocycles. The van der Waals surface area contributed by atoms with Crippen molar-refractivity contribution in [2.75, 3.05) is 33.3 Å². The van der Waals surface area contributed by atoms with Gasteiger partial charge in [0.2, 0.25) is 0 Å². The predicted molar refractivity (Wildman–Crippen MR) is 108 cm³/mol. The van der Waals surface area contributed by atoms with Crippen LogP contribution in [0.1, 0.15) is 37.8 Å². The molecule has 1 aliphatic rings. The second-order valence-electron chi connectivity index (χ2n) is 7.38. The van der Waals surface area contributed by atoms with Crippen LogP contribution in [0.5, 0.6) is 0 Å². The standard InChI is InChI=1S/C21H25N5O3/c1-14-18(21(28)29-3)15(2)22-19(14)20(27)25-10-8-24(9-11-25)12-16-13-26-7-5-4-6-17(26)23-16/h4-7,13,22H,8-12H2,1-3H3. The molecule has 1 amide bonds. The molecule has 3 aromatic rings. The lowest BCUT2D eigenvalue weighted by molar-refractivity contribution is 0.0599. The van der Waals surface area contributed by atoms with Crippen molar-refractivity contribution in [2.45, 2.75) is 20.4 Å².